The Morgan fingerprint density at radius 1 is 1.04 bits per heavy atom. The summed E-state index contributed by atoms with van der Waals surface area (Å²) in [5.74, 6) is -0.0715. The summed E-state index contributed by atoms with van der Waals surface area (Å²) in [6.45, 7) is 5.91. The van der Waals surface area contributed by atoms with Gasteiger partial charge in [0.2, 0.25) is 0 Å². The molecule has 0 saturated carbocycles. The van der Waals surface area contributed by atoms with Gasteiger partial charge in [-0.1, -0.05) is 18.7 Å². The van der Waals surface area contributed by atoms with Crippen LogP contribution in [0.5, 0.6) is 5.75 Å². The Balaban J connectivity index is 2.25. The molecule has 0 spiro atoms. The van der Waals surface area contributed by atoms with Gasteiger partial charge in [-0.25, -0.2) is 9.59 Å². The summed E-state index contributed by atoms with van der Waals surface area (Å²) in [6.07, 6.45) is 0.350. The molecular formula is C22H25NO5. The van der Waals surface area contributed by atoms with Crippen LogP contribution in [0, 0.1) is 0 Å². The van der Waals surface area contributed by atoms with Crippen LogP contribution in [0.2, 0.25) is 0 Å². The summed E-state index contributed by atoms with van der Waals surface area (Å²) in [6, 6.07) is 14.3. The molecule has 6 heteroatoms. The van der Waals surface area contributed by atoms with Gasteiger partial charge in [0.15, 0.2) is 0 Å². The van der Waals surface area contributed by atoms with Gasteiger partial charge in [-0.05, 0) is 48.9 Å². The van der Waals surface area contributed by atoms with E-state index in [0.717, 1.165) is 17.0 Å². The van der Waals surface area contributed by atoms with E-state index in [9.17, 15) is 9.59 Å². The maximum Gasteiger partial charge on any atom is 0.337 e. The average molecular weight is 383 g/mol. The van der Waals surface area contributed by atoms with Crippen molar-refractivity contribution in [2.75, 3.05) is 26.1 Å². The topological polar surface area (TPSA) is 73.9 Å². The zero-order valence-electron chi connectivity index (χ0n) is 16.4. The Hall–Kier alpha value is -3.28. The Bertz CT molecular complexity index is 812. The molecule has 0 saturated heterocycles. The lowest BCUT2D eigenvalue weighted by Gasteiger charge is -2.21. The van der Waals surface area contributed by atoms with E-state index in [-0.39, 0.29) is 6.04 Å². The van der Waals surface area contributed by atoms with Crippen LogP contribution in [-0.2, 0) is 14.3 Å². The van der Waals surface area contributed by atoms with Crippen LogP contribution in [0.3, 0.4) is 0 Å². The summed E-state index contributed by atoms with van der Waals surface area (Å²) >= 11 is 0. The van der Waals surface area contributed by atoms with Crippen molar-refractivity contribution in [3.63, 3.8) is 0 Å². The van der Waals surface area contributed by atoms with E-state index in [2.05, 4.69) is 11.9 Å². The quantitative estimate of drug-likeness (QED) is 0.518. The summed E-state index contributed by atoms with van der Waals surface area (Å²) in [5, 5.41) is 3.40. The van der Waals surface area contributed by atoms with E-state index in [4.69, 9.17) is 14.2 Å². The number of hydrogen-bond donors (Lipinski definition) is 1. The Labute approximate surface area is 165 Å². The molecule has 0 fully saturated rings. The van der Waals surface area contributed by atoms with Gasteiger partial charge in [-0.2, -0.15) is 0 Å². The lowest BCUT2D eigenvalue weighted by Crippen LogP contribution is -2.16. The number of anilines is 1. The highest BCUT2D eigenvalue weighted by Crippen LogP contribution is 2.27. The lowest BCUT2D eigenvalue weighted by molar-refractivity contribution is -0.138. The van der Waals surface area contributed by atoms with Gasteiger partial charge in [-0.3, -0.25) is 0 Å². The maximum atomic E-state index is 12.0. The third kappa shape index (κ3) is 5.61. The molecule has 0 aliphatic heterocycles. The fourth-order valence-electron chi connectivity index (χ4n) is 2.67. The fourth-order valence-corrected chi connectivity index (χ4v) is 2.67. The first kappa shape index (κ1) is 21.0. The average Bonchev–Trinajstić information content (AvgIpc) is 2.73. The van der Waals surface area contributed by atoms with Crippen molar-refractivity contribution in [2.45, 2.75) is 19.4 Å². The summed E-state index contributed by atoms with van der Waals surface area (Å²) in [5.41, 5.74) is 2.58. The molecule has 28 heavy (non-hydrogen) atoms. The number of hydrogen-bond acceptors (Lipinski definition) is 6. The van der Waals surface area contributed by atoms with E-state index >= 15 is 0 Å². The SMILES string of the molecule is C=C(C[C@@H](Nc1ccc(OC)cc1)c1ccc(C(=O)OC)cc1)C(=O)OCC. The lowest BCUT2D eigenvalue weighted by atomic mass is 9.98. The second-order valence-corrected chi connectivity index (χ2v) is 6.07. The van der Waals surface area contributed by atoms with Gasteiger partial charge >= 0.3 is 11.9 Å². The van der Waals surface area contributed by atoms with Gasteiger partial charge in [0.25, 0.3) is 0 Å². The van der Waals surface area contributed by atoms with E-state index in [1.807, 2.05) is 36.4 Å². The van der Waals surface area contributed by atoms with Crippen LogP contribution >= 0.6 is 0 Å². The number of benzene rings is 2. The van der Waals surface area contributed by atoms with Crippen molar-refractivity contribution in [1.29, 1.82) is 0 Å². The predicted molar refractivity (Wildman–Crippen MR) is 108 cm³/mol. The summed E-state index contributed by atoms with van der Waals surface area (Å²) < 4.78 is 15.0. The number of methoxy groups -OCH3 is 2. The third-order valence-corrected chi connectivity index (χ3v) is 4.18. The molecule has 1 atom stereocenters. The van der Waals surface area contributed by atoms with Crippen molar-refractivity contribution in [3.05, 3.63) is 71.8 Å². The van der Waals surface area contributed by atoms with Crippen molar-refractivity contribution < 1.29 is 23.8 Å². The third-order valence-electron chi connectivity index (χ3n) is 4.18. The number of nitrogens with one attached hydrogen (secondary N) is 1. The van der Waals surface area contributed by atoms with E-state index in [1.54, 1.807) is 26.2 Å². The molecule has 2 aromatic rings. The van der Waals surface area contributed by atoms with Crippen molar-refractivity contribution in [1.82, 2.24) is 0 Å². The predicted octanol–water partition coefficient (Wildman–Crippen LogP) is 4.14. The fraction of sp³-hybridized carbons (Fsp3) is 0.273. The van der Waals surface area contributed by atoms with Crippen LogP contribution < -0.4 is 10.1 Å². The monoisotopic (exact) mass is 383 g/mol. The van der Waals surface area contributed by atoms with Gasteiger partial charge < -0.3 is 19.5 Å². The minimum atomic E-state index is -0.421. The minimum absolute atomic E-state index is 0.239. The second-order valence-electron chi connectivity index (χ2n) is 6.07. The van der Waals surface area contributed by atoms with Crippen molar-refractivity contribution >= 4 is 17.6 Å². The molecule has 148 valence electrons. The number of rotatable bonds is 9. The van der Waals surface area contributed by atoms with Crippen molar-refractivity contribution in [3.8, 4) is 5.75 Å². The van der Waals surface area contributed by atoms with E-state index < -0.39 is 11.9 Å². The molecule has 1 N–H and O–H groups in total. The molecule has 0 radical (unpaired) electrons. The molecule has 0 unspecified atom stereocenters. The normalized spacial score (nSPS) is 11.2. The van der Waals surface area contributed by atoms with Gasteiger partial charge in [-0.15, -0.1) is 0 Å². The van der Waals surface area contributed by atoms with Crippen LogP contribution in [-0.4, -0.2) is 32.8 Å². The van der Waals surface area contributed by atoms with E-state index in [0.29, 0.717) is 24.2 Å². The molecule has 0 bridgehead atoms. The zero-order valence-corrected chi connectivity index (χ0v) is 16.4. The van der Waals surface area contributed by atoms with Crippen LogP contribution in [0.1, 0.15) is 35.3 Å². The standard InChI is InChI=1S/C22H25NO5/c1-5-28-21(24)15(2)14-20(23-18-10-12-19(26-3)13-11-18)16-6-8-17(9-7-16)22(25)27-4/h6-13,20,23H,2,5,14H2,1,3-4H3/t20-/m1/s1. The highest BCUT2D eigenvalue weighted by Gasteiger charge is 2.18. The molecule has 0 amide bonds. The highest BCUT2D eigenvalue weighted by atomic mass is 16.5. The second kappa shape index (κ2) is 10.2. The number of carbonyl (C=O) groups excluding carboxylic acids is 2. The van der Waals surface area contributed by atoms with Gasteiger partial charge in [0.05, 0.1) is 32.4 Å². The molecule has 0 aliphatic carbocycles. The Morgan fingerprint density at radius 2 is 1.68 bits per heavy atom. The maximum absolute atomic E-state index is 12.0. The number of esters is 2. The summed E-state index contributed by atoms with van der Waals surface area (Å²) in [4.78, 5) is 23.7. The van der Waals surface area contributed by atoms with Gasteiger partial charge in [0.1, 0.15) is 5.75 Å². The molecule has 6 nitrogen and oxygen atoms in total. The van der Waals surface area contributed by atoms with E-state index in [1.165, 1.54) is 7.11 Å². The molecule has 2 rings (SSSR count). The van der Waals surface area contributed by atoms with Gasteiger partial charge in [0, 0.05) is 17.7 Å². The number of carbonyl (C=O) groups is 2. The zero-order chi connectivity index (χ0) is 20.5. The first-order valence-electron chi connectivity index (χ1n) is 8.92. The Morgan fingerprint density at radius 3 is 2.21 bits per heavy atom. The molecule has 0 aromatic heterocycles. The summed E-state index contributed by atoms with van der Waals surface area (Å²) in [7, 11) is 2.95. The van der Waals surface area contributed by atoms with Crippen LogP contribution in [0.25, 0.3) is 0 Å². The largest absolute Gasteiger partial charge is 0.497 e. The van der Waals surface area contributed by atoms with Crippen LogP contribution in [0.4, 0.5) is 5.69 Å². The minimum Gasteiger partial charge on any atom is -0.497 e. The number of ether oxygens (including phenoxy) is 3. The first-order chi connectivity index (χ1) is 13.5. The molecule has 2 aromatic carbocycles. The van der Waals surface area contributed by atoms with Crippen molar-refractivity contribution in [2.24, 2.45) is 0 Å². The van der Waals surface area contributed by atoms with Crippen LogP contribution in [0.15, 0.2) is 60.7 Å². The molecule has 0 aliphatic rings. The molecular weight excluding hydrogens is 358 g/mol. The Kier molecular flexibility index (Phi) is 7.63. The molecule has 0 heterocycles. The highest BCUT2D eigenvalue weighted by molar-refractivity contribution is 5.89. The smallest absolute Gasteiger partial charge is 0.337 e. The first-order valence-corrected chi connectivity index (χ1v) is 8.92.